The molecule has 0 bridgehead atoms. The Balaban J connectivity index is 1.96. The van der Waals surface area contributed by atoms with Gasteiger partial charge in [0.25, 0.3) is 0 Å². The molecule has 5 heteroatoms. The number of hydrogen-bond acceptors (Lipinski definition) is 4. The molecule has 3 rings (SSSR count). The van der Waals surface area contributed by atoms with Crippen LogP contribution in [0.3, 0.4) is 0 Å². The molecule has 0 atom stereocenters. The van der Waals surface area contributed by atoms with Crippen molar-refractivity contribution in [2.75, 3.05) is 21.3 Å². The van der Waals surface area contributed by atoms with Gasteiger partial charge in [0.05, 0.1) is 21.3 Å². The molecule has 0 aliphatic rings. The lowest BCUT2D eigenvalue weighted by atomic mass is 10.1. The van der Waals surface area contributed by atoms with E-state index in [0.717, 1.165) is 27.8 Å². The molecular formula is C21H21NO4. The number of methoxy groups -OCH3 is 3. The van der Waals surface area contributed by atoms with Crippen molar-refractivity contribution >= 4 is 22.9 Å². The Kier molecular flexibility index (Phi) is 5.27. The number of carbonyl (C=O) groups is 1. The number of ether oxygens (including phenoxy) is 3. The molecule has 0 saturated heterocycles. The van der Waals surface area contributed by atoms with Crippen molar-refractivity contribution in [2.24, 2.45) is 0 Å². The minimum absolute atomic E-state index is 0.169. The number of nitrogens with zero attached hydrogens (tertiary/aromatic N) is 1. The van der Waals surface area contributed by atoms with Gasteiger partial charge in [0.15, 0.2) is 0 Å². The number of esters is 1. The second-order valence-electron chi connectivity index (χ2n) is 5.77. The molecule has 0 radical (unpaired) electrons. The quantitative estimate of drug-likeness (QED) is 0.384. The maximum absolute atomic E-state index is 11.8. The van der Waals surface area contributed by atoms with Crippen LogP contribution < -0.4 is 4.74 Å². The van der Waals surface area contributed by atoms with Crippen LogP contribution in [0.25, 0.3) is 17.0 Å². The van der Waals surface area contributed by atoms with E-state index in [2.05, 4.69) is 10.6 Å². The van der Waals surface area contributed by atoms with Crippen LogP contribution in [-0.4, -0.2) is 31.9 Å². The largest absolute Gasteiger partial charge is 0.497 e. The van der Waals surface area contributed by atoms with Crippen molar-refractivity contribution in [1.82, 2.24) is 4.57 Å². The van der Waals surface area contributed by atoms with Gasteiger partial charge in [0.2, 0.25) is 5.76 Å². The summed E-state index contributed by atoms with van der Waals surface area (Å²) >= 11 is 0. The summed E-state index contributed by atoms with van der Waals surface area (Å²) in [5.74, 6) is 0.504. The molecule has 0 aliphatic carbocycles. The molecule has 134 valence electrons. The third-order valence-electron chi connectivity index (χ3n) is 4.27. The average molecular weight is 351 g/mol. The molecule has 0 spiro atoms. The third kappa shape index (κ3) is 3.57. The van der Waals surface area contributed by atoms with Gasteiger partial charge in [-0.05, 0) is 41.5 Å². The highest BCUT2D eigenvalue weighted by atomic mass is 16.6. The summed E-state index contributed by atoms with van der Waals surface area (Å²) in [5, 5.41) is 1.12. The Labute approximate surface area is 152 Å². The van der Waals surface area contributed by atoms with E-state index >= 15 is 0 Å². The Morgan fingerprint density at radius 2 is 1.85 bits per heavy atom. The molecule has 26 heavy (non-hydrogen) atoms. The van der Waals surface area contributed by atoms with Crippen LogP contribution in [0, 0.1) is 0 Å². The number of aromatic nitrogens is 1. The Morgan fingerprint density at radius 3 is 2.58 bits per heavy atom. The minimum Gasteiger partial charge on any atom is -0.497 e. The van der Waals surface area contributed by atoms with Crippen molar-refractivity contribution in [3.63, 3.8) is 0 Å². The van der Waals surface area contributed by atoms with Crippen molar-refractivity contribution in [2.45, 2.75) is 6.54 Å². The zero-order valence-electron chi connectivity index (χ0n) is 15.1. The van der Waals surface area contributed by atoms with E-state index < -0.39 is 5.97 Å². The molecular weight excluding hydrogens is 330 g/mol. The zero-order chi connectivity index (χ0) is 18.5. The highest BCUT2D eigenvalue weighted by Crippen LogP contribution is 2.24. The van der Waals surface area contributed by atoms with E-state index in [1.54, 1.807) is 13.2 Å². The van der Waals surface area contributed by atoms with Gasteiger partial charge in [-0.2, -0.15) is 0 Å². The van der Waals surface area contributed by atoms with E-state index in [1.807, 2.05) is 48.7 Å². The standard InChI is InChI=1S/C21H21NO4/c1-24-18-8-9-19-16(12-18)10-11-22(19)14-17-7-5-4-6-15(17)13-20(25-2)21(23)26-3/h4-13H,14H2,1-3H3. The summed E-state index contributed by atoms with van der Waals surface area (Å²) < 4.78 is 17.4. The highest BCUT2D eigenvalue weighted by molar-refractivity contribution is 5.91. The van der Waals surface area contributed by atoms with Gasteiger partial charge in [-0.1, -0.05) is 24.3 Å². The maximum Gasteiger partial charge on any atom is 0.373 e. The summed E-state index contributed by atoms with van der Waals surface area (Å²) in [7, 11) is 4.45. The third-order valence-corrected chi connectivity index (χ3v) is 4.27. The van der Waals surface area contributed by atoms with Gasteiger partial charge >= 0.3 is 5.97 Å². The summed E-state index contributed by atoms with van der Waals surface area (Å²) in [4.78, 5) is 11.8. The van der Waals surface area contributed by atoms with Crippen LogP contribution in [0.2, 0.25) is 0 Å². The summed E-state index contributed by atoms with van der Waals surface area (Å²) in [6.45, 7) is 0.667. The first-order chi connectivity index (χ1) is 12.7. The SMILES string of the molecule is COC(=O)C(=Cc1ccccc1Cn1ccc2cc(OC)ccc21)OC. The van der Waals surface area contributed by atoms with E-state index in [4.69, 9.17) is 14.2 Å². The van der Waals surface area contributed by atoms with Crippen molar-refractivity contribution in [3.05, 3.63) is 71.6 Å². The molecule has 3 aromatic rings. The maximum atomic E-state index is 11.8. The number of carbonyl (C=O) groups excluding carboxylic acids is 1. The topological polar surface area (TPSA) is 49.7 Å². The molecule has 0 aliphatic heterocycles. The summed E-state index contributed by atoms with van der Waals surface area (Å²) in [5.41, 5.74) is 3.09. The molecule has 5 nitrogen and oxygen atoms in total. The lowest BCUT2D eigenvalue weighted by Crippen LogP contribution is -2.07. The van der Waals surface area contributed by atoms with Crippen LogP contribution in [-0.2, 0) is 20.8 Å². The van der Waals surface area contributed by atoms with Gasteiger partial charge in [-0.3, -0.25) is 0 Å². The fourth-order valence-electron chi connectivity index (χ4n) is 2.89. The van der Waals surface area contributed by atoms with E-state index in [0.29, 0.717) is 6.54 Å². The number of rotatable bonds is 6. The second kappa shape index (κ2) is 7.78. The van der Waals surface area contributed by atoms with Crippen LogP contribution in [0.5, 0.6) is 5.75 Å². The predicted molar refractivity (Wildman–Crippen MR) is 101 cm³/mol. The summed E-state index contributed by atoms with van der Waals surface area (Å²) in [6, 6.07) is 16.0. The zero-order valence-corrected chi connectivity index (χ0v) is 15.1. The molecule has 0 saturated carbocycles. The first-order valence-electron chi connectivity index (χ1n) is 8.21. The predicted octanol–water partition coefficient (Wildman–Crippen LogP) is 3.86. The normalized spacial score (nSPS) is 11.4. The first kappa shape index (κ1) is 17.6. The number of benzene rings is 2. The molecule has 1 heterocycles. The van der Waals surface area contributed by atoms with Crippen LogP contribution in [0.15, 0.2) is 60.5 Å². The monoisotopic (exact) mass is 351 g/mol. The second-order valence-corrected chi connectivity index (χ2v) is 5.77. The number of fused-ring (bicyclic) bond motifs is 1. The lowest BCUT2D eigenvalue weighted by molar-refractivity contribution is -0.139. The molecule has 0 amide bonds. The molecule has 0 N–H and O–H groups in total. The Bertz CT molecular complexity index is 956. The fourth-order valence-corrected chi connectivity index (χ4v) is 2.89. The van der Waals surface area contributed by atoms with Crippen molar-refractivity contribution < 1.29 is 19.0 Å². The van der Waals surface area contributed by atoms with E-state index in [1.165, 1.54) is 14.2 Å². The molecule has 0 fully saturated rings. The van der Waals surface area contributed by atoms with Gasteiger partial charge < -0.3 is 18.8 Å². The van der Waals surface area contributed by atoms with Crippen LogP contribution in [0.4, 0.5) is 0 Å². The lowest BCUT2D eigenvalue weighted by Gasteiger charge is -2.11. The molecule has 2 aromatic carbocycles. The molecule has 1 aromatic heterocycles. The van der Waals surface area contributed by atoms with Crippen molar-refractivity contribution in [3.8, 4) is 5.75 Å². The van der Waals surface area contributed by atoms with Crippen molar-refractivity contribution in [1.29, 1.82) is 0 Å². The Morgan fingerprint density at radius 1 is 1.04 bits per heavy atom. The van der Waals surface area contributed by atoms with Gasteiger partial charge in [0, 0.05) is 23.6 Å². The molecule has 0 unspecified atom stereocenters. The van der Waals surface area contributed by atoms with Crippen LogP contribution >= 0.6 is 0 Å². The number of hydrogen-bond donors (Lipinski definition) is 0. The highest BCUT2D eigenvalue weighted by Gasteiger charge is 2.12. The minimum atomic E-state index is -0.499. The van der Waals surface area contributed by atoms with Gasteiger partial charge in [-0.25, -0.2) is 4.79 Å². The Hall–Kier alpha value is -3.21. The van der Waals surface area contributed by atoms with Gasteiger partial charge in [-0.15, -0.1) is 0 Å². The van der Waals surface area contributed by atoms with E-state index in [9.17, 15) is 4.79 Å². The van der Waals surface area contributed by atoms with Crippen LogP contribution in [0.1, 0.15) is 11.1 Å². The summed E-state index contributed by atoms with van der Waals surface area (Å²) in [6.07, 6.45) is 3.75. The smallest absolute Gasteiger partial charge is 0.373 e. The van der Waals surface area contributed by atoms with Gasteiger partial charge in [0.1, 0.15) is 5.75 Å². The average Bonchev–Trinajstić information content (AvgIpc) is 3.08. The van der Waals surface area contributed by atoms with E-state index in [-0.39, 0.29) is 5.76 Å². The fraction of sp³-hybridized carbons (Fsp3) is 0.190. The first-order valence-corrected chi connectivity index (χ1v) is 8.21.